The number of esters is 1. The van der Waals surface area contributed by atoms with E-state index in [2.05, 4.69) is 32.0 Å². The molecule has 1 aliphatic heterocycles. The quantitative estimate of drug-likeness (QED) is 0.594. The van der Waals surface area contributed by atoms with Crippen LogP contribution in [0.4, 0.5) is 0 Å². The van der Waals surface area contributed by atoms with Gasteiger partial charge in [-0.2, -0.15) is 0 Å². The standard InChI is InChI=1S/C20H27NO3S/c1-14-5-3-6-15(2)21(14)19(22)12-24-20(23)13-25-18-10-9-16-7-4-8-17(16)11-18/h9-11,14-15H,3-8,12-13H2,1-2H3. The lowest BCUT2D eigenvalue weighted by Crippen LogP contribution is -2.49. The molecule has 1 aromatic carbocycles. The molecule has 0 aromatic heterocycles. The zero-order valence-corrected chi connectivity index (χ0v) is 15.9. The average molecular weight is 362 g/mol. The molecule has 2 unspecified atom stereocenters. The summed E-state index contributed by atoms with van der Waals surface area (Å²) >= 11 is 1.48. The third-order valence-electron chi connectivity index (χ3n) is 5.26. The fraction of sp³-hybridized carbons (Fsp3) is 0.600. The van der Waals surface area contributed by atoms with E-state index in [-0.39, 0.29) is 36.3 Å². The largest absolute Gasteiger partial charge is 0.455 e. The molecular formula is C20H27NO3S. The number of hydrogen-bond donors (Lipinski definition) is 0. The van der Waals surface area contributed by atoms with Crippen LogP contribution in [0.1, 0.15) is 50.7 Å². The Balaban J connectivity index is 1.44. The van der Waals surface area contributed by atoms with Gasteiger partial charge >= 0.3 is 5.97 Å². The van der Waals surface area contributed by atoms with E-state index < -0.39 is 0 Å². The Morgan fingerprint density at radius 1 is 1.12 bits per heavy atom. The molecule has 1 saturated heterocycles. The van der Waals surface area contributed by atoms with E-state index in [0.29, 0.717) is 0 Å². The summed E-state index contributed by atoms with van der Waals surface area (Å²) in [6.07, 6.45) is 6.73. The normalized spacial score (nSPS) is 22.6. The van der Waals surface area contributed by atoms with Crippen molar-refractivity contribution in [1.82, 2.24) is 4.90 Å². The van der Waals surface area contributed by atoms with Gasteiger partial charge in [0.2, 0.25) is 0 Å². The predicted molar refractivity (Wildman–Crippen MR) is 99.8 cm³/mol. The van der Waals surface area contributed by atoms with Gasteiger partial charge in [-0.1, -0.05) is 6.07 Å². The Labute approximate surface area is 154 Å². The van der Waals surface area contributed by atoms with Crippen LogP contribution in [-0.4, -0.2) is 41.2 Å². The van der Waals surface area contributed by atoms with Crippen molar-refractivity contribution in [1.29, 1.82) is 0 Å². The van der Waals surface area contributed by atoms with Gasteiger partial charge in [-0.25, -0.2) is 0 Å². The van der Waals surface area contributed by atoms with Crippen LogP contribution in [0.3, 0.4) is 0 Å². The van der Waals surface area contributed by atoms with Crippen LogP contribution in [-0.2, 0) is 27.2 Å². The average Bonchev–Trinajstić information content (AvgIpc) is 3.05. The third-order valence-corrected chi connectivity index (χ3v) is 6.23. The first-order chi connectivity index (χ1) is 12.0. The second-order valence-electron chi connectivity index (χ2n) is 7.16. The van der Waals surface area contributed by atoms with Crippen LogP contribution < -0.4 is 0 Å². The minimum atomic E-state index is -0.323. The maximum Gasteiger partial charge on any atom is 0.316 e. The van der Waals surface area contributed by atoms with E-state index in [1.54, 1.807) is 0 Å². The molecule has 1 aliphatic carbocycles. The van der Waals surface area contributed by atoms with E-state index in [1.165, 1.54) is 29.3 Å². The number of likely N-dealkylation sites (tertiary alicyclic amines) is 1. The van der Waals surface area contributed by atoms with Crippen molar-refractivity contribution >= 4 is 23.6 Å². The van der Waals surface area contributed by atoms with Crippen LogP contribution >= 0.6 is 11.8 Å². The van der Waals surface area contributed by atoms with Gasteiger partial charge in [-0.3, -0.25) is 9.59 Å². The molecule has 0 N–H and O–H groups in total. The van der Waals surface area contributed by atoms with Gasteiger partial charge in [-0.15, -0.1) is 11.8 Å². The fourth-order valence-corrected chi connectivity index (χ4v) is 4.71. The maximum atomic E-state index is 12.4. The highest BCUT2D eigenvalue weighted by Gasteiger charge is 2.29. The lowest BCUT2D eigenvalue weighted by Gasteiger charge is -2.38. The van der Waals surface area contributed by atoms with E-state index in [9.17, 15) is 9.59 Å². The number of piperidine rings is 1. The first kappa shape index (κ1) is 18.3. The SMILES string of the molecule is CC1CCCC(C)N1C(=O)COC(=O)CSc1ccc2c(c1)CCC2. The molecule has 136 valence electrons. The number of aryl methyl sites for hydroxylation is 2. The van der Waals surface area contributed by atoms with Crippen molar-refractivity contribution in [2.24, 2.45) is 0 Å². The number of benzene rings is 1. The second-order valence-corrected chi connectivity index (χ2v) is 8.21. The zero-order valence-electron chi connectivity index (χ0n) is 15.1. The molecule has 1 amide bonds. The van der Waals surface area contributed by atoms with Gasteiger partial charge in [0.25, 0.3) is 5.91 Å². The highest BCUT2D eigenvalue weighted by Crippen LogP contribution is 2.27. The molecule has 0 radical (unpaired) electrons. The Bertz CT molecular complexity index is 636. The molecule has 4 nitrogen and oxygen atoms in total. The smallest absolute Gasteiger partial charge is 0.316 e. The summed E-state index contributed by atoms with van der Waals surface area (Å²) in [4.78, 5) is 27.3. The van der Waals surface area contributed by atoms with Gasteiger partial charge in [0.15, 0.2) is 6.61 Å². The van der Waals surface area contributed by atoms with Crippen molar-refractivity contribution in [2.45, 2.75) is 69.4 Å². The molecular weight excluding hydrogens is 334 g/mol. The molecule has 1 fully saturated rings. The van der Waals surface area contributed by atoms with E-state index in [4.69, 9.17) is 4.74 Å². The Morgan fingerprint density at radius 3 is 2.60 bits per heavy atom. The molecule has 1 heterocycles. The molecule has 5 heteroatoms. The van der Waals surface area contributed by atoms with E-state index in [1.807, 2.05) is 4.90 Å². The van der Waals surface area contributed by atoms with Gasteiger partial charge < -0.3 is 9.64 Å². The number of amides is 1. The summed E-state index contributed by atoms with van der Waals surface area (Å²) < 4.78 is 5.22. The number of nitrogens with zero attached hydrogens (tertiary/aromatic N) is 1. The summed E-state index contributed by atoms with van der Waals surface area (Å²) in [5, 5.41) is 0. The number of hydrogen-bond acceptors (Lipinski definition) is 4. The predicted octanol–water partition coefficient (Wildman–Crippen LogP) is 3.60. The number of fused-ring (bicyclic) bond motifs is 1. The number of carbonyl (C=O) groups excluding carboxylic acids is 2. The van der Waals surface area contributed by atoms with E-state index >= 15 is 0 Å². The van der Waals surface area contributed by atoms with Gasteiger partial charge in [0.05, 0.1) is 5.75 Å². The van der Waals surface area contributed by atoms with Crippen LogP contribution in [0.25, 0.3) is 0 Å². The van der Waals surface area contributed by atoms with Crippen LogP contribution in [0, 0.1) is 0 Å². The lowest BCUT2D eigenvalue weighted by atomic mass is 9.97. The molecule has 2 atom stereocenters. The first-order valence-electron chi connectivity index (χ1n) is 9.26. The van der Waals surface area contributed by atoms with Crippen molar-refractivity contribution in [3.63, 3.8) is 0 Å². The Morgan fingerprint density at radius 2 is 1.84 bits per heavy atom. The van der Waals surface area contributed by atoms with Crippen molar-refractivity contribution in [3.05, 3.63) is 29.3 Å². The Hall–Kier alpha value is -1.49. The summed E-state index contributed by atoms with van der Waals surface area (Å²) in [6, 6.07) is 6.89. The van der Waals surface area contributed by atoms with Gasteiger partial charge in [0, 0.05) is 17.0 Å². The molecule has 2 aliphatic rings. The monoisotopic (exact) mass is 361 g/mol. The summed E-state index contributed by atoms with van der Waals surface area (Å²) in [7, 11) is 0. The second kappa shape index (κ2) is 8.26. The number of carbonyl (C=O) groups is 2. The highest BCUT2D eigenvalue weighted by molar-refractivity contribution is 8.00. The van der Waals surface area contributed by atoms with Crippen LogP contribution in [0.15, 0.2) is 23.1 Å². The molecule has 25 heavy (non-hydrogen) atoms. The first-order valence-corrected chi connectivity index (χ1v) is 10.2. The third kappa shape index (κ3) is 4.57. The fourth-order valence-electron chi connectivity index (χ4n) is 3.95. The number of thioether (sulfide) groups is 1. The minimum absolute atomic E-state index is 0.0735. The van der Waals surface area contributed by atoms with Crippen molar-refractivity contribution in [3.8, 4) is 0 Å². The van der Waals surface area contributed by atoms with Crippen molar-refractivity contribution in [2.75, 3.05) is 12.4 Å². The summed E-state index contributed by atoms with van der Waals surface area (Å²) in [5.41, 5.74) is 2.84. The molecule has 0 saturated carbocycles. The Kier molecular flexibility index (Phi) is 6.05. The van der Waals surface area contributed by atoms with E-state index in [0.717, 1.165) is 37.0 Å². The molecule has 0 spiro atoms. The molecule has 1 aromatic rings. The maximum absolute atomic E-state index is 12.4. The summed E-state index contributed by atoms with van der Waals surface area (Å²) in [5.74, 6) is -0.149. The lowest BCUT2D eigenvalue weighted by molar-refractivity contribution is -0.153. The van der Waals surface area contributed by atoms with Gasteiger partial charge in [-0.05, 0) is 75.6 Å². The number of rotatable bonds is 5. The van der Waals surface area contributed by atoms with Crippen molar-refractivity contribution < 1.29 is 14.3 Å². The van der Waals surface area contributed by atoms with Gasteiger partial charge in [0.1, 0.15) is 0 Å². The minimum Gasteiger partial charge on any atom is -0.455 e. The molecule has 0 bridgehead atoms. The zero-order chi connectivity index (χ0) is 17.8. The topological polar surface area (TPSA) is 46.6 Å². The van der Waals surface area contributed by atoms with Crippen LogP contribution in [0.2, 0.25) is 0 Å². The van der Waals surface area contributed by atoms with Crippen LogP contribution in [0.5, 0.6) is 0 Å². The molecule has 3 rings (SSSR count). The highest BCUT2D eigenvalue weighted by atomic mass is 32.2. The number of ether oxygens (including phenoxy) is 1. The summed E-state index contributed by atoms with van der Waals surface area (Å²) in [6.45, 7) is 4.00.